The molecule has 5 aliphatic rings. The molecule has 0 aromatic carbocycles. The van der Waals surface area contributed by atoms with Gasteiger partial charge in [-0.05, 0) is 69.1 Å². The Morgan fingerprint density at radius 2 is 1.55 bits per heavy atom. The Bertz CT molecular complexity index is 378. The van der Waals surface area contributed by atoms with E-state index in [-0.39, 0.29) is 0 Å². The molecule has 5 fully saturated rings. The molecule has 1 N–H and O–H groups in total. The SMILES string of the molecule is C(#CC12CC3CC(CC(C3)C1)C2)CNC1CCOCC1. The molecular formula is C18H27NO. The van der Waals surface area contributed by atoms with Gasteiger partial charge in [0.05, 0.1) is 6.54 Å². The number of nitrogens with one attached hydrogen (secondary N) is 1. The zero-order valence-electron chi connectivity index (χ0n) is 12.5. The largest absolute Gasteiger partial charge is 0.381 e. The molecule has 2 heteroatoms. The molecule has 2 nitrogen and oxygen atoms in total. The molecule has 1 aliphatic heterocycles. The summed E-state index contributed by atoms with van der Waals surface area (Å²) in [5.74, 6) is 10.2. The van der Waals surface area contributed by atoms with E-state index in [0.717, 1.165) is 50.4 Å². The number of hydrogen-bond donors (Lipinski definition) is 1. The molecule has 0 radical (unpaired) electrons. The number of ether oxygens (including phenoxy) is 1. The molecule has 0 unspecified atom stereocenters. The predicted octanol–water partition coefficient (Wildman–Crippen LogP) is 2.97. The first-order valence-electron chi connectivity index (χ1n) is 8.62. The van der Waals surface area contributed by atoms with Crippen molar-refractivity contribution in [3.05, 3.63) is 0 Å². The van der Waals surface area contributed by atoms with Crippen LogP contribution in [-0.4, -0.2) is 25.8 Å². The van der Waals surface area contributed by atoms with E-state index in [4.69, 9.17) is 4.74 Å². The smallest absolute Gasteiger partial charge is 0.0578 e. The van der Waals surface area contributed by atoms with Crippen LogP contribution in [0.5, 0.6) is 0 Å². The minimum atomic E-state index is 0.423. The molecular weight excluding hydrogens is 246 g/mol. The predicted molar refractivity (Wildman–Crippen MR) is 80.2 cm³/mol. The second-order valence-corrected chi connectivity index (χ2v) is 7.77. The lowest BCUT2D eigenvalue weighted by molar-refractivity contribution is -0.0181. The van der Waals surface area contributed by atoms with E-state index in [9.17, 15) is 0 Å². The van der Waals surface area contributed by atoms with Gasteiger partial charge in [0.25, 0.3) is 0 Å². The first-order chi connectivity index (χ1) is 9.81. The van der Waals surface area contributed by atoms with E-state index in [1.807, 2.05) is 0 Å². The van der Waals surface area contributed by atoms with Gasteiger partial charge in [-0.25, -0.2) is 0 Å². The first-order valence-corrected chi connectivity index (χ1v) is 8.62. The zero-order chi connectivity index (χ0) is 13.4. The summed E-state index contributed by atoms with van der Waals surface area (Å²) in [6.45, 7) is 2.71. The average Bonchev–Trinajstić information content (AvgIpc) is 2.43. The van der Waals surface area contributed by atoms with Gasteiger partial charge in [-0.1, -0.05) is 11.8 Å². The van der Waals surface area contributed by atoms with Crippen LogP contribution in [-0.2, 0) is 4.74 Å². The topological polar surface area (TPSA) is 21.3 Å². The second kappa shape index (κ2) is 5.35. The Hall–Kier alpha value is -0.520. The number of rotatable bonds is 2. The van der Waals surface area contributed by atoms with Crippen molar-refractivity contribution in [2.24, 2.45) is 23.2 Å². The van der Waals surface area contributed by atoms with Gasteiger partial charge in [-0.2, -0.15) is 0 Å². The lowest BCUT2D eigenvalue weighted by Gasteiger charge is -2.54. The van der Waals surface area contributed by atoms with Gasteiger partial charge in [0.2, 0.25) is 0 Å². The highest BCUT2D eigenvalue weighted by molar-refractivity contribution is 5.19. The molecule has 0 atom stereocenters. The van der Waals surface area contributed by atoms with Crippen LogP contribution in [0.1, 0.15) is 51.4 Å². The Labute approximate surface area is 123 Å². The van der Waals surface area contributed by atoms with Crippen molar-refractivity contribution in [1.82, 2.24) is 5.32 Å². The Kier molecular flexibility index (Phi) is 3.52. The monoisotopic (exact) mass is 273 g/mol. The zero-order valence-corrected chi connectivity index (χ0v) is 12.5. The molecule has 1 heterocycles. The van der Waals surface area contributed by atoms with Crippen LogP contribution < -0.4 is 5.32 Å². The fraction of sp³-hybridized carbons (Fsp3) is 0.889. The third kappa shape index (κ3) is 2.63. The molecule has 0 aromatic rings. The van der Waals surface area contributed by atoms with Crippen molar-refractivity contribution in [2.75, 3.05) is 19.8 Å². The summed E-state index contributed by atoms with van der Waals surface area (Å²) in [5, 5.41) is 3.60. The lowest BCUT2D eigenvalue weighted by Crippen LogP contribution is -2.45. The third-order valence-electron chi connectivity index (χ3n) is 6.09. The van der Waals surface area contributed by atoms with Crippen LogP contribution in [0.15, 0.2) is 0 Å². The van der Waals surface area contributed by atoms with E-state index in [0.29, 0.717) is 11.5 Å². The standard InChI is InChI=1S/C18H27NO/c1(5-19-17-2-6-20-7-3-17)4-18-11-14-8-15(12-18)10-16(9-14)13-18/h14-17,19H,2-3,5-13H2. The van der Waals surface area contributed by atoms with E-state index in [1.54, 1.807) is 0 Å². The van der Waals surface area contributed by atoms with Gasteiger partial charge in [-0.15, -0.1) is 0 Å². The molecule has 20 heavy (non-hydrogen) atoms. The molecule has 4 bridgehead atoms. The molecule has 0 aromatic heterocycles. The van der Waals surface area contributed by atoms with Crippen LogP contribution in [0, 0.1) is 35.0 Å². The van der Waals surface area contributed by atoms with Crippen molar-refractivity contribution >= 4 is 0 Å². The van der Waals surface area contributed by atoms with Gasteiger partial charge in [0, 0.05) is 24.7 Å². The number of hydrogen-bond acceptors (Lipinski definition) is 2. The van der Waals surface area contributed by atoms with Crippen molar-refractivity contribution in [2.45, 2.75) is 57.4 Å². The summed E-state index contributed by atoms with van der Waals surface area (Å²) in [6, 6.07) is 0.634. The van der Waals surface area contributed by atoms with Crippen molar-refractivity contribution in [1.29, 1.82) is 0 Å². The van der Waals surface area contributed by atoms with E-state index < -0.39 is 0 Å². The fourth-order valence-electron chi connectivity index (χ4n) is 5.59. The summed E-state index contributed by atoms with van der Waals surface area (Å²) >= 11 is 0. The van der Waals surface area contributed by atoms with Gasteiger partial charge < -0.3 is 10.1 Å². The first kappa shape index (κ1) is 13.2. The summed E-state index contributed by atoms with van der Waals surface area (Å²) in [7, 11) is 0. The van der Waals surface area contributed by atoms with Crippen LogP contribution >= 0.6 is 0 Å². The molecule has 4 saturated carbocycles. The molecule has 5 rings (SSSR count). The molecule has 0 amide bonds. The Morgan fingerprint density at radius 1 is 0.950 bits per heavy atom. The molecule has 4 aliphatic carbocycles. The highest BCUT2D eigenvalue weighted by Gasteiger charge is 2.50. The molecule has 0 spiro atoms. The van der Waals surface area contributed by atoms with Crippen molar-refractivity contribution in [3.63, 3.8) is 0 Å². The normalized spacial score (nSPS) is 43.3. The molecule has 110 valence electrons. The van der Waals surface area contributed by atoms with Crippen LogP contribution in [0.3, 0.4) is 0 Å². The average molecular weight is 273 g/mol. The van der Waals surface area contributed by atoms with Gasteiger partial charge >= 0.3 is 0 Å². The minimum absolute atomic E-state index is 0.423. The van der Waals surface area contributed by atoms with Gasteiger partial charge in [0.15, 0.2) is 0 Å². The summed E-state index contributed by atoms with van der Waals surface area (Å²) in [4.78, 5) is 0. The quantitative estimate of drug-likeness (QED) is 0.781. The Balaban J connectivity index is 1.33. The highest BCUT2D eigenvalue weighted by atomic mass is 16.5. The fourth-order valence-corrected chi connectivity index (χ4v) is 5.59. The van der Waals surface area contributed by atoms with Gasteiger partial charge in [-0.3, -0.25) is 0 Å². The Morgan fingerprint density at radius 3 is 2.15 bits per heavy atom. The van der Waals surface area contributed by atoms with Gasteiger partial charge in [0.1, 0.15) is 0 Å². The highest BCUT2D eigenvalue weighted by Crippen LogP contribution is 2.59. The van der Waals surface area contributed by atoms with E-state index in [1.165, 1.54) is 38.5 Å². The van der Waals surface area contributed by atoms with E-state index >= 15 is 0 Å². The lowest BCUT2D eigenvalue weighted by atomic mass is 9.50. The summed E-state index contributed by atoms with van der Waals surface area (Å²) < 4.78 is 5.39. The van der Waals surface area contributed by atoms with Crippen molar-refractivity contribution < 1.29 is 4.74 Å². The van der Waals surface area contributed by atoms with Crippen LogP contribution in [0.4, 0.5) is 0 Å². The van der Waals surface area contributed by atoms with Crippen molar-refractivity contribution in [3.8, 4) is 11.8 Å². The maximum atomic E-state index is 5.39. The molecule has 1 saturated heterocycles. The van der Waals surface area contributed by atoms with E-state index in [2.05, 4.69) is 17.2 Å². The van der Waals surface area contributed by atoms with Crippen LogP contribution in [0.25, 0.3) is 0 Å². The minimum Gasteiger partial charge on any atom is -0.381 e. The van der Waals surface area contributed by atoms with Crippen LogP contribution in [0.2, 0.25) is 0 Å². The maximum Gasteiger partial charge on any atom is 0.0578 e. The second-order valence-electron chi connectivity index (χ2n) is 7.77. The summed E-state index contributed by atoms with van der Waals surface area (Å²) in [6.07, 6.45) is 11.1. The third-order valence-corrected chi connectivity index (χ3v) is 6.09. The summed E-state index contributed by atoms with van der Waals surface area (Å²) in [5.41, 5.74) is 0.423. The maximum absolute atomic E-state index is 5.39.